The van der Waals surface area contributed by atoms with Crippen LogP contribution in [0.25, 0.3) is 10.8 Å². The van der Waals surface area contributed by atoms with Gasteiger partial charge in [0.2, 0.25) is 0 Å². The standard InChI is InChI=1S/C26H23F5/c1-2-3-4-15-11-21(27)24(22(28)12-15)17-7-5-16(6-8-17)18-9-10-20-19(13-18)14-23(29)26(31)25(20)30/h2,9-14,16-17H,1,3-8H2. The van der Waals surface area contributed by atoms with Gasteiger partial charge in [-0.25, -0.2) is 22.0 Å². The summed E-state index contributed by atoms with van der Waals surface area (Å²) in [4.78, 5) is 0. The quantitative estimate of drug-likeness (QED) is 0.218. The fourth-order valence-corrected chi connectivity index (χ4v) is 4.73. The zero-order valence-corrected chi connectivity index (χ0v) is 17.0. The molecule has 162 valence electrons. The van der Waals surface area contributed by atoms with Crippen molar-refractivity contribution in [3.05, 3.63) is 94.8 Å². The van der Waals surface area contributed by atoms with Gasteiger partial charge in [-0.3, -0.25) is 0 Å². The van der Waals surface area contributed by atoms with Crippen LogP contribution < -0.4 is 0 Å². The fraction of sp³-hybridized carbons (Fsp3) is 0.308. The minimum Gasteiger partial charge on any atom is -0.207 e. The number of hydrogen-bond acceptors (Lipinski definition) is 0. The average molecular weight is 430 g/mol. The van der Waals surface area contributed by atoms with Crippen molar-refractivity contribution in [3.8, 4) is 0 Å². The van der Waals surface area contributed by atoms with Gasteiger partial charge in [-0.1, -0.05) is 24.3 Å². The van der Waals surface area contributed by atoms with Crippen LogP contribution in [0, 0.1) is 29.1 Å². The zero-order chi connectivity index (χ0) is 22.1. The summed E-state index contributed by atoms with van der Waals surface area (Å²) in [6.45, 7) is 3.63. The lowest BCUT2D eigenvalue weighted by Gasteiger charge is -2.30. The van der Waals surface area contributed by atoms with E-state index in [4.69, 9.17) is 0 Å². The number of fused-ring (bicyclic) bond motifs is 1. The molecular formula is C26H23F5. The predicted octanol–water partition coefficient (Wildman–Crippen LogP) is 8.10. The molecule has 0 atom stereocenters. The molecule has 0 spiro atoms. The van der Waals surface area contributed by atoms with Gasteiger partial charge in [-0.2, -0.15) is 0 Å². The molecule has 0 saturated heterocycles. The maximum atomic E-state index is 14.7. The van der Waals surface area contributed by atoms with Crippen molar-refractivity contribution in [3.63, 3.8) is 0 Å². The third-order valence-electron chi connectivity index (χ3n) is 6.38. The molecule has 0 nitrogen and oxygen atoms in total. The van der Waals surface area contributed by atoms with Gasteiger partial charge >= 0.3 is 0 Å². The highest BCUT2D eigenvalue weighted by Crippen LogP contribution is 2.42. The summed E-state index contributed by atoms with van der Waals surface area (Å²) in [5, 5.41) is 0.347. The van der Waals surface area contributed by atoms with Gasteiger partial charge < -0.3 is 0 Å². The Balaban J connectivity index is 1.51. The molecule has 1 aliphatic rings. The van der Waals surface area contributed by atoms with Crippen LogP contribution in [0.1, 0.15) is 60.6 Å². The molecule has 1 fully saturated rings. The van der Waals surface area contributed by atoms with Gasteiger partial charge in [0, 0.05) is 10.9 Å². The molecule has 5 heteroatoms. The summed E-state index contributed by atoms with van der Waals surface area (Å²) < 4.78 is 70.3. The first-order chi connectivity index (χ1) is 14.9. The van der Waals surface area contributed by atoms with Crippen LogP contribution in [0.15, 0.2) is 49.1 Å². The topological polar surface area (TPSA) is 0 Å². The number of hydrogen-bond donors (Lipinski definition) is 0. The molecule has 1 saturated carbocycles. The summed E-state index contributed by atoms with van der Waals surface area (Å²) in [5.74, 6) is -4.95. The van der Waals surface area contributed by atoms with Crippen LogP contribution in [0.2, 0.25) is 0 Å². The molecule has 0 bridgehead atoms. The molecule has 3 aromatic rings. The Hall–Kier alpha value is -2.69. The van der Waals surface area contributed by atoms with Crippen molar-refractivity contribution in [2.45, 2.75) is 50.4 Å². The lowest BCUT2D eigenvalue weighted by molar-refractivity contribution is 0.376. The number of halogens is 5. The summed E-state index contributed by atoms with van der Waals surface area (Å²) in [6.07, 6.45) is 5.59. The van der Waals surface area contributed by atoms with Gasteiger partial charge in [-0.15, -0.1) is 6.58 Å². The molecule has 1 aliphatic carbocycles. The molecule has 0 radical (unpaired) electrons. The summed E-state index contributed by atoms with van der Waals surface area (Å²) >= 11 is 0. The van der Waals surface area contributed by atoms with E-state index >= 15 is 0 Å². The molecule has 31 heavy (non-hydrogen) atoms. The third-order valence-corrected chi connectivity index (χ3v) is 6.38. The molecule has 0 unspecified atom stereocenters. The van der Waals surface area contributed by atoms with Crippen molar-refractivity contribution < 1.29 is 22.0 Å². The first-order valence-electron chi connectivity index (χ1n) is 10.5. The Morgan fingerprint density at radius 1 is 0.774 bits per heavy atom. The van der Waals surface area contributed by atoms with Crippen LogP contribution in [-0.4, -0.2) is 0 Å². The van der Waals surface area contributed by atoms with Gasteiger partial charge in [0.05, 0.1) is 0 Å². The summed E-state index contributed by atoms with van der Waals surface area (Å²) in [7, 11) is 0. The van der Waals surface area contributed by atoms with E-state index in [0.717, 1.165) is 11.6 Å². The van der Waals surface area contributed by atoms with Gasteiger partial charge in [0.1, 0.15) is 11.6 Å². The fourth-order valence-electron chi connectivity index (χ4n) is 4.73. The average Bonchev–Trinajstić information content (AvgIpc) is 2.76. The number of allylic oxidation sites excluding steroid dienone is 1. The molecular weight excluding hydrogens is 407 g/mol. The number of rotatable bonds is 5. The SMILES string of the molecule is C=CCCc1cc(F)c(C2CCC(c3ccc4c(F)c(F)c(F)cc4c3)CC2)c(F)c1. The molecule has 0 N–H and O–H groups in total. The Kier molecular flexibility index (Phi) is 6.12. The number of aryl methyl sites for hydroxylation is 1. The minimum absolute atomic E-state index is 0.0389. The van der Waals surface area contributed by atoms with E-state index in [9.17, 15) is 22.0 Å². The van der Waals surface area contributed by atoms with Gasteiger partial charge in [0.15, 0.2) is 17.5 Å². The smallest absolute Gasteiger partial charge is 0.195 e. The molecule has 0 aliphatic heterocycles. The van der Waals surface area contributed by atoms with Gasteiger partial charge in [0.25, 0.3) is 0 Å². The minimum atomic E-state index is -1.47. The molecule has 0 amide bonds. The van der Waals surface area contributed by atoms with E-state index in [2.05, 4.69) is 6.58 Å². The Morgan fingerprint density at radius 2 is 1.42 bits per heavy atom. The van der Waals surface area contributed by atoms with Crippen LogP contribution in [-0.2, 0) is 6.42 Å². The lowest BCUT2D eigenvalue weighted by atomic mass is 9.75. The van der Waals surface area contributed by atoms with Crippen molar-refractivity contribution >= 4 is 10.8 Å². The van der Waals surface area contributed by atoms with Crippen molar-refractivity contribution in [1.82, 2.24) is 0 Å². The summed E-state index contributed by atoms with van der Waals surface area (Å²) in [6, 6.07) is 8.71. The van der Waals surface area contributed by atoms with E-state index in [1.807, 2.05) is 0 Å². The monoisotopic (exact) mass is 430 g/mol. The predicted molar refractivity (Wildman–Crippen MR) is 113 cm³/mol. The molecule has 0 aromatic heterocycles. The van der Waals surface area contributed by atoms with Crippen molar-refractivity contribution in [2.75, 3.05) is 0 Å². The highest BCUT2D eigenvalue weighted by atomic mass is 19.2. The van der Waals surface area contributed by atoms with Crippen LogP contribution in [0.4, 0.5) is 22.0 Å². The van der Waals surface area contributed by atoms with Crippen molar-refractivity contribution in [1.29, 1.82) is 0 Å². The number of benzene rings is 3. The second kappa shape index (κ2) is 8.81. The highest BCUT2D eigenvalue weighted by molar-refractivity contribution is 5.84. The maximum Gasteiger partial charge on any atom is 0.195 e. The second-order valence-corrected chi connectivity index (χ2v) is 8.32. The van der Waals surface area contributed by atoms with Crippen LogP contribution >= 0.6 is 0 Å². The first kappa shape index (κ1) is 21.5. The van der Waals surface area contributed by atoms with E-state index in [-0.39, 0.29) is 22.8 Å². The van der Waals surface area contributed by atoms with Crippen LogP contribution in [0.5, 0.6) is 0 Å². The van der Waals surface area contributed by atoms with Gasteiger partial charge in [-0.05, 0) is 85.1 Å². The Morgan fingerprint density at radius 3 is 2.06 bits per heavy atom. The van der Waals surface area contributed by atoms with Crippen molar-refractivity contribution in [2.24, 2.45) is 0 Å². The summed E-state index contributed by atoms with van der Waals surface area (Å²) in [5.41, 5.74) is 1.68. The molecule has 3 aromatic carbocycles. The normalized spacial score (nSPS) is 19.0. The van der Waals surface area contributed by atoms with E-state index in [0.29, 0.717) is 49.5 Å². The Labute approximate surface area is 178 Å². The molecule has 4 rings (SSSR count). The Bertz CT molecular complexity index is 1100. The first-order valence-corrected chi connectivity index (χ1v) is 10.5. The highest BCUT2D eigenvalue weighted by Gasteiger charge is 2.28. The lowest BCUT2D eigenvalue weighted by Crippen LogP contribution is -2.15. The van der Waals surface area contributed by atoms with E-state index < -0.39 is 29.1 Å². The van der Waals surface area contributed by atoms with E-state index in [1.165, 1.54) is 18.2 Å². The second-order valence-electron chi connectivity index (χ2n) is 8.32. The molecule has 0 heterocycles. The largest absolute Gasteiger partial charge is 0.207 e. The maximum absolute atomic E-state index is 14.7. The van der Waals surface area contributed by atoms with E-state index in [1.54, 1.807) is 18.2 Å². The zero-order valence-electron chi connectivity index (χ0n) is 17.0. The third kappa shape index (κ3) is 4.23. The van der Waals surface area contributed by atoms with Crippen LogP contribution in [0.3, 0.4) is 0 Å².